The van der Waals surface area contributed by atoms with Crippen molar-refractivity contribution in [2.75, 3.05) is 75.2 Å². The molecule has 6 nitrogen and oxygen atoms in total. The van der Waals surface area contributed by atoms with E-state index in [1.54, 1.807) is 0 Å². The highest BCUT2D eigenvalue weighted by Crippen LogP contribution is 2.44. The zero-order chi connectivity index (χ0) is 18.6. The Balaban J connectivity index is 1.55. The molecular formula is C21H36N6. The lowest BCUT2D eigenvalue weighted by Gasteiger charge is -2.27. The van der Waals surface area contributed by atoms with Crippen LogP contribution in [-0.4, -0.2) is 85.2 Å². The van der Waals surface area contributed by atoms with E-state index in [2.05, 4.69) is 39.6 Å². The van der Waals surface area contributed by atoms with Crippen molar-refractivity contribution in [1.29, 1.82) is 0 Å². The molecule has 2 saturated heterocycles. The first-order valence-electron chi connectivity index (χ1n) is 11.1. The van der Waals surface area contributed by atoms with Gasteiger partial charge in [0.05, 0.1) is 0 Å². The molecule has 0 unspecified atom stereocenters. The predicted molar refractivity (Wildman–Crippen MR) is 112 cm³/mol. The van der Waals surface area contributed by atoms with E-state index < -0.39 is 0 Å². The van der Waals surface area contributed by atoms with Gasteiger partial charge in [-0.05, 0) is 57.8 Å². The number of hydrogen-bond acceptors (Lipinski definition) is 6. The van der Waals surface area contributed by atoms with Crippen LogP contribution in [-0.2, 0) is 0 Å². The zero-order valence-corrected chi connectivity index (χ0v) is 17.2. The molecule has 1 aliphatic carbocycles. The maximum Gasteiger partial charge on any atom is 0.227 e. The third kappa shape index (κ3) is 4.54. The van der Waals surface area contributed by atoms with Crippen LogP contribution >= 0.6 is 0 Å². The van der Waals surface area contributed by atoms with Gasteiger partial charge >= 0.3 is 0 Å². The van der Waals surface area contributed by atoms with Crippen molar-refractivity contribution in [3.63, 3.8) is 0 Å². The summed E-state index contributed by atoms with van der Waals surface area (Å²) in [4.78, 5) is 20.0. The fraction of sp³-hybridized carbons (Fsp3) is 0.810. The van der Waals surface area contributed by atoms with Gasteiger partial charge in [0.25, 0.3) is 0 Å². The Labute approximate surface area is 164 Å². The average Bonchev–Trinajstić information content (AvgIpc) is 3.55. The van der Waals surface area contributed by atoms with Gasteiger partial charge in [-0.3, -0.25) is 0 Å². The van der Waals surface area contributed by atoms with Gasteiger partial charge < -0.3 is 19.6 Å². The van der Waals surface area contributed by atoms with Crippen molar-refractivity contribution in [3.05, 3.63) is 11.8 Å². The Hall–Kier alpha value is -1.40. The van der Waals surface area contributed by atoms with Gasteiger partial charge in [0.1, 0.15) is 5.82 Å². The summed E-state index contributed by atoms with van der Waals surface area (Å²) >= 11 is 0. The third-order valence-corrected chi connectivity index (χ3v) is 6.45. The Kier molecular flexibility index (Phi) is 6.13. The predicted octanol–water partition coefficient (Wildman–Crippen LogP) is 2.42. The standard InChI is InChI=1S/C21H36N6/c1-3-24-9-5-11-26(15-13-24)20-19(18-7-8-18)17-22-21(23-20)27-12-6-10-25(4-2)14-16-27/h17-18H,3-16H2,1-2H3. The molecule has 3 fully saturated rings. The largest absolute Gasteiger partial charge is 0.355 e. The second kappa shape index (κ2) is 8.74. The molecule has 0 spiro atoms. The lowest BCUT2D eigenvalue weighted by molar-refractivity contribution is 0.310. The summed E-state index contributed by atoms with van der Waals surface area (Å²) in [7, 11) is 0. The first-order valence-corrected chi connectivity index (χ1v) is 11.1. The molecule has 3 heterocycles. The number of anilines is 2. The van der Waals surface area contributed by atoms with Crippen LogP contribution in [0.15, 0.2) is 6.20 Å². The van der Waals surface area contributed by atoms with Crippen LogP contribution < -0.4 is 9.80 Å². The van der Waals surface area contributed by atoms with Gasteiger partial charge in [-0.15, -0.1) is 0 Å². The molecule has 3 aliphatic rings. The van der Waals surface area contributed by atoms with E-state index in [4.69, 9.17) is 9.97 Å². The highest BCUT2D eigenvalue weighted by Gasteiger charge is 2.31. The zero-order valence-electron chi connectivity index (χ0n) is 17.2. The van der Waals surface area contributed by atoms with Crippen LogP contribution in [0.3, 0.4) is 0 Å². The van der Waals surface area contributed by atoms with Crippen LogP contribution in [0, 0.1) is 0 Å². The van der Waals surface area contributed by atoms with Gasteiger partial charge in [-0.1, -0.05) is 13.8 Å². The molecule has 1 aromatic rings. The summed E-state index contributed by atoms with van der Waals surface area (Å²) in [6.07, 6.45) is 7.19. The van der Waals surface area contributed by atoms with Crippen molar-refractivity contribution < 1.29 is 0 Å². The van der Waals surface area contributed by atoms with Gasteiger partial charge in [0.2, 0.25) is 5.95 Å². The van der Waals surface area contributed by atoms with E-state index in [0.717, 1.165) is 58.3 Å². The Morgan fingerprint density at radius 2 is 1.44 bits per heavy atom. The SMILES string of the molecule is CCN1CCCN(c2ncc(C3CC3)c(N3CCCN(CC)CC3)n2)CC1. The van der Waals surface area contributed by atoms with Crippen molar-refractivity contribution in [2.45, 2.75) is 45.4 Å². The minimum atomic E-state index is 0.694. The molecule has 4 rings (SSSR count). The van der Waals surface area contributed by atoms with Crippen molar-refractivity contribution in [3.8, 4) is 0 Å². The minimum absolute atomic E-state index is 0.694. The highest BCUT2D eigenvalue weighted by atomic mass is 15.3. The maximum absolute atomic E-state index is 5.17. The molecule has 0 N–H and O–H groups in total. The van der Waals surface area contributed by atoms with E-state index in [0.29, 0.717) is 5.92 Å². The van der Waals surface area contributed by atoms with E-state index in [1.807, 2.05) is 0 Å². The summed E-state index contributed by atoms with van der Waals surface area (Å²) in [6, 6.07) is 0. The quantitative estimate of drug-likeness (QED) is 0.790. The van der Waals surface area contributed by atoms with Crippen LogP contribution in [0.1, 0.15) is 51.0 Å². The fourth-order valence-corrected chi connectivity index (χ4v) is 4.45. The molecule has 6 heteroatoms. The topological polar surface area (TPSA) is 38.7 Å². The van der Waals surface area contributed by atoms with Crippen LogP contribution in [0.2, 0.25) is 0 Å². The normalized spacial score (nSPS) is 23.3. The Morgan fingerprint density at radius 3 is 2.07 bits per heavy atom. The number of rotatable bonds is 5. The van der Waals surface area contributed by atoms with Crippen molar-refractivity contribution >= 4 is 11.8 Å². The van der Waals surface area contributed by atoms with Crippen molar-refractivity contribution in [2.24, 2.45) is 0 Å². The average molecular weight is 373 g/mol. The summed E-state index contributed by atoms with van der Waals surface area (Å²) in [5.41, 5.74) is 1.40. The highest BCUT2D eigenvalue weighted by molar-refractivity contribution is 5.53. The van der Waals surface area contributed by atoms with Gasteiger partial charge in [-0.25, -0.2) is 4.98 Å². The Bertz CT molecular complexity index is 617. The van der Waals surface area contributed by atoms with Crippen LogP contribution in [0.5, 0.6) is 0 Å². The third-order valence-electron chi connectivity index (χ3n) is 6.45. The first kappa shape index (κ1) is 18.9. The molecule has 0 amide bonds. The summed E-state index contributed by atoms with van der Waals surface area (Å²) in [5, 5.41) is 0. The molecule has 27 heavy (non-hydrogen) atoms. The Morgan fingerprint density at radius 1 is 0.815 bits per heavy atom. The van der Waals surface area contributed by atoms with E-state index in [1.165, 1.54) is 50.2 Å². The molecular weight excluding hydrogens is 336 g/mol. The van der Waals surface area contributed by atoms with E-state index in [9.17, 15) is 0 Å². The molecule has 1 saturated carbocycles. The molecule has 150 valence electrons. The number of likely N-dealkylation sites (N-methyl/N-ethyl adjacent to an activating group) is 2. The van der Waals surface area contributed by atoms with E-state index in [-0.39, 0.29) is 0 Å². The van der Waals surface area contributed by atoms with Crippen molar-refractivity contribution in [1.82, 2.24) is 19.8 Å². The van der Waals surface area contributed by atoms with Crippen LogP contribution in [0.4, 0.5) is 11.8 Å². The molecule has 0 bridgehead atoms. The molecule has 0 radical (unpaired) electrons. The lowest BCUT2D eigenvalue weighted by atomic mass is 10.2. The second-order valence-electron chi connectivity index (χ2n) is 8.27. The monoisotopic (exact) mass is 372 g/mol. The second-order valence-corrected chi connectivity index (χ2v) is 8.27. The smallest absolute Gasteiger partial charge is 0.227 e. The maximum atomic E-state index is 5.17. The van der Waals surface area contributed by atoms with Gasteiger partial charge in [-0.2, -0.15) is 4.98 Å². The van der Waals surface area contributed by atoms with Crippen LogP contribution in [0.25, 0.3) is 0 Å². The van der Waals surface area contributed by atoms with Gasteiger partial charge in [0, 0.05) is 51.0 Å². The molecule has 2 aliphatic heterocycles. The minimum Gasteiger partial charge on any atom is -0.355 e. The van der Waals surface area contributed by atoms with E-state index >= 15 is 0 Å². The molecule has 0 aromatic carbocycles. The molecule has 1 aromatic heterocycles. The summed E-state index contributed by atoms with van der Waals surface area (Å²) in [6.45, 7) is 15.8. The number of hydrogen-bond donors (Lipinski definition) is 0. The lowest BCUT2D eigenvalue weighted by Crippen LogP contribution is -2.34. The molecule has 0 atom stereocenters. The van der Waals surface area contributed by atoms with Gasteiger partial charge in [0.15, 0.2) is 0 Å². The first-order chi connectivity index (χ1) is 13.3. The number of nitrogens with zero attached hydrogens (tertiary/aromatic N) is 6. The summed E-state index contributed by atoms with van der Waals surface area (Å²) < 4.78 is 0. The fourth-order valence-electron chi connectivity index (χ4n) is 4.45. The number of aromatic nitrogens is 2. The summed E-state index contributed by atoms with van der Waals surface area (Å²) in [5.74, 6) is 2.88.